The van der Waals surface area contributed by atoms with Gasteiger partial charge in [-0.1, -0.05) is 6.08 Å². The lowest BCUT2D eigenvalue weighted by molar-refractivity contribution is -0.323. The van der Waals surface area contributed by atoms with Gasteiger partial charge in [-0.3, -0.25) is 4.89 Å². The molecule has 0 spiro atoms. The zero-order valence-electron chi connectivity index (χ0n) is 8.52. The molecule has 1 heterocycles. The van der Waals surface area contributed by atoms with Gasteiger partial charge in [0.15, 0.2) is 0 Å². The van der Waals surface area contributed by atoms with E-state index in [1.807, 2.05) is 0 Å². The van der Waals surface area contributed by atoms with Gasteiger partial charge in [0.05, 0.1) is 6.26 Å². The Hall–Kier alpha value is -1.29. The molecule has 1 atom stereocenters. The fourth-order valence-corrected chi connectivity index (χ4v) is 0.733. The molecule has 0 N–H and O–H groups in total. The minimum absolute atomic E-state index is 0.510. The van der Waals surface area contributed by atoms with Crippen molar-refractivity contribution in [2.24, 2.45) is 0 Å². The lowest BCUT2D eigenvalue weighted by atomic mass is 10.2. The number of allylic oxidation sites excluding steroid dienone is 2. The number of rotatable bonds is 2. The van der Waals surface area contributed by atoms with Crippen molar-refractivity contribution >= 4 is 5.97 Å². The Morgan fingerprint density at radius 1 is 1.36 bits per heavy atom. The molecule has 0 aliphatic carbocycles. The van der Waals surface area contributed by atoms with E-state index < -0.39 is 17.7 Å². The van der Waals surface area contributed by atoms with Crippen molar-refractivity contribution in [2.75, 3.05) is 0 Å². The number of ether oxygens (including phenoxy) is 1. The molecular formula is C10H14O4. The molecular weight excluding hydrogens is 184 g/mol. The molecule has 0 aromatic rings. The smallest absolute Gasteiger partial charge is 0.386 e. The standard InChI is InChI=1S/C10H14O4/c1-10(2,3)14-13-9(11)8-6-4-5-7-12-8/h4-8H,1-3H3. The third-order valence-corrected chi connectivity index (χ3v) is 1.31. The molecule has 0 saturated carbocycles. The Labute approximate surface area is 83.1 Å². The van der Waals surface area contributed by atoms with Crippen LogP contribution in [0.5, 0.6) is 0 Å². The lowest BCUT2D eigenvalue weighted by Crippen LogP contribution is -2.28. The summed E-state index contributed by atoms with van der Waals surface area (Å²) in [6, 6.07) is 0. The van der Waals surface area contributed by atoms with Crippen LogP contribution in [0.2, 0.25) is 0 Å². The monoisotopic (exact) mass is 198 g/mol. The first-order valence-electron chi connectivity index (χ1n) is 4.37. The molecule has 0 amide bonds. The van der Waals surface area contributed by atoms with Crippen LogP contribution in [0.3, 0.4) is 0 Å². The zero-order valence-corrected chi connectivity index (χ0v) is 8.52. The Morgan fingerprint density at radius 3 is 2.57 bits per heavy atom. The predicted molar refractivity (Wildman–Crippen MR) is 50.1 cm³/mol. The van der Waals surface area contributed by atoms with Gasteiger partial charge >= 0.3 is 5.97 Å². The molecule has 78 valence electrons. The topological polar surface area (TPSA) is 44.8 Å². The van der Waals surface area contributed by atoms with Crippen molar-refractivity contribution < 1.29 is 19.3 Å². The zero-order chi connectivity index (χ0) is 10.6. The number of hydrogen-bond donors (Lipinski definition) is 0. The van der Waals surface area contributed by atoms with Crippen molar-refractivity contribution in [3.05, 3.63) is 24.5 Å². The summed E-state index contributed by atoms with van der Waals surface area (Å²) in [5, 5.41) is 0. The van der Waals surface area contributed by atoms with Gasteiger partial charge in [0.1, 0.15) is 5.60 Å². The lowest BCUT2D eigenvalue weighted by Gasteiger charge is -2.19. The SMILES string of the molecule is CC(C)(C)OOC(=O)C1C=CC=CO1. The van der Waals surface area contributed by atoms with Crippen LogP contribution in [-0.4, -0.2) is 17.7 Å². The molecule has 0 saturated heterocycles. The second-order valence-electron chi connectivity index (χ2n) is 3.87. The Balaban J connectivity index is 2.36. The summed E-state index contributed by atoms with van der Waals surface area (Å²) in [7, 11) is 0. The molecule has 0 aromatic carbocycles. The molecule has 4 heteroatoms. The van der Waals surface area contributed by atoms with E-state index in [2.05, 4.69) is 4.89 Å². The molecule has 0 radical (unpaired) electrons. The summed E-state index contributed by atoms with van der Waals surface area (Å²) in [5.41, 5.74) is -0.510. The Bertz CT molecular complexity index is 260. The van der Waals surface area contributed by atoms with Crippen molar-refractivity contribution in [3.63, 3.8) is 0 Å². The van der Waals surface area contributed by atoms with E-state index in [-0.39, 0.29) is 0 Å². The quantitative estimate of drug-likeness (QED) is 0.500. The molecule has 1 rings (SSSR count). The van der Waals surface area contributed by atoms with E-state index in [1.54, 1.807) is 39.0 Å². The van der Waals surface area contributed by atoms with E-state index in [0.717, 1.165) is 0 Å². The first-order valence-corrected chi connectivity index (χ1v) is 4.37. The summed E-state index contributed by atoms with van der Waals surface area (Å²) in [6.07, 6.45) is 5.72. The summed E-state index contributed by atoms with van der Waals surface area (Å²) in [5.74, 6) is -0.555. The second kappa shape index (κ2) is 4.28. The molecule has 0 bridgehead atoms. The maximum Gasteiger partial charge on any atom is 0.386 e. The highest BCUT2D eigenvalue weighted by atomic mass is 17.2. The van der Waals surface area contributed by atoms with Crippen LogP contribution >= 0.6 is 0 Å². The summed E-state index contributed by atoms with van der Waals surface area (Å²) < 4.78 is 4.98. The maximum absolute atomic E-state index is 11.3. The fourth-order valence-electron chi connectivity index (χ4n) is 0.733. The minimum atomic E-state index is -0.706. The minimum Gasteiger partial charge on any atom is -0.482 e. The first kappa shape index (κ1) is 10.8. The van der Waals surface area contributed by atoms with Crippen LogP contribution in [0.4, 0.5) is 0 Å². The van der Waals surface area contributed by atoms with Gasteiger partial charge < -0.3 is 4.74 Å². The van der Waals surface area contributed by atoms with Crippen LogP contribution in [0.15, 0.2) is 24.5 Å². The normalized spacial score (nSPS) is 20.4. The van der Waals surface area contributed by atoms with Crippen LogP contribution in [0.1, 0.15) is 20.8 Å². The molecule has 0 fully saturated rings. The highest BCUT2D eigenvalue weighted by Crippen LogP contribution is 2.10. The van der Waals surface area contributed by atoms with Crippen LogP contribution in [-0.2, 0) is 19.3 Å². The predicted octanol–water partition coefficient (Wildman–Crippen LogP) is 1.73. The van der Waals surface area contributed by atoms with Gasteiger partial charge in [-0.05, 0) is 32.9 Å². The fraction of sp³-hybridized carbons (Fsp3) is 0.500. The van der Waals surface area contributed by atoms with Crippen LogP contribution in [0.25, 0.3) is 0 Å². The van der Waals surface area contributed by atoms with Gasteiger partial charge in [-0.15, -0.1) is 0 Å². The molecule has 4 nitrogen and oxygen atoms in total. The van der Waals surface area contributed by atoms with E-state index >= 15 is 0 Å². The Kier molecular flexibility index (Phi) is 3.30. The van der Waals surface area contributed by atoms with E-state index in [0.29, 0.717) is 0 Å². The van der Waals surface area contributed by atoms with Gasteiger partial charge in [0, 0.05) is 0 Å². The average Bonchev–Trinajstić information content (AvgIpc) is 2.14. The van der Waals surface area contributed by atoms with E-state index in [1.165, 1.54) is 6.26 Å². The van der Waals surface area contributed by atoms with Crippen LogP contribution < -0.4 is 0 Å². The highest BCUT2D eigenvalue weighted by Gasteiger charge is 2.22. The van der Waals surface area contributed by atoms with Gasteiger partial charge in [0.2, 0.25) is 6.10 Å². The third-order valence-electron chi connectivity index (χ3n) is 1.31. The van der Waals surface area contributed by atoms with E-state index in [9.17, 15) is 4.79 Å². The van der Waals surface area contributed by atoms with Crippen molar-refractivity contribution in [2.45, 2.75) is 32.5 Å². The third kappa shape index (κ3) is 3.62. The van der Waals surface area contributed by atoms with Gasteiger partial charge in [-0.2, -0.15) is 4.89 Å². The molecule has 1 aliphatic rings. The number of hydrogen-bond acceptors (Lipinski definition) is 4. The van der Waals surface area contributed by atoms with Crippen LogP contribution in [0, 0.1) is 0 Å². The largest absolute Gasteiger partial charge is 0.482 e. The average molecular weight is 198 g/mol. The number of carbonyl (C=O) groups excluding carboxylic acids is 1. The second-order valence-corrected chi connectivity index (χ2v) is 3.87. The molecule has 0 aromatic heterocycles. The maximum atomic E-state index is 11.3. The molecule has 14 heavy (non-hydrogen) atoms. The van der Waals surface area contributed by atoms with E-state index in [4.69, 9.17) is 9.62 Å². The number of carbonyl (C=O) groups is 1. The Morgan fingerprint density at radius 2 is 2.07 bits per heavy atom. The van der Waals surface area contributed by atoms with Crippen molar-refractivity contribution in [3.8, 4) is 0 Å². The summed E-state index contributed by atoms with van der Waals surface area (Å²) in [4.78, 5) is 20.7. The highest BCUT2D eigenvalue weighted by molar-refractivity contribution is 5.76. The molecule has 1 aliphatic heterocycles. The van der Waals surface area contributed by atoms with Gasteiger partial charge in [-0.25, -0.2) is 4.79 Å². The van der Waals surface area contributed by atoms with Crippen molar-refractivity contribution in [1.82, 2.24) is 0 Å². The van der Waals surface area contributed by atoms with Crippen molar-refractivity contribution in [1.29, 1.82) is 0 Å². The molecule has 1 unspecified atom stereocenters. The van der Waals surface area contributed by atoms with Gasteiger partial charge in [0.25, 0.3) is 0 Å². The first-order chi connectivity index (χ1) is 6.49. The summed E-state index contributed by atoms with van der Waals surface area (Å²) >= 11 is 0. The summed E-state index contributed by atoms with van der Waals surface area (Å²) in [6.45, 7) is 5.37.